The van der Waals surface area contributed by atoms with Gasteiger partial charge < -0.3 is 9.42 Å². The summed E-state index contributed by atoms with van der Waals surface area (Å²) in [4.78, 5) is 25.6. The monoisotopic (exact) mass is 318 g/mol. The molecule has 0 saturated carbocycles. The molecule has 0 spiro atoms. The molecule has 7 nitrogen and oxygen atoms in total. The zero-order valence-electron chi connectivity index (χ0n) is 13.4. The van der Waals surface area contributed by atoms with E-state index in [4.69, 9.17) is 4.52 Å². The smallest absolute Gasteiger partial charge is 0.240 e. The van der Waals surface area contributed by atoms with Gasteiger partial charge in [-0.25, -0.2) is 5.43 Å². The number of amides is 2. The van der Waals surface area contributed by atoms with Crippen molar-refractivity contribution in [3.8, 4) is 0 Å². The van der Waals surface area contributed by atoms with Crippen molar-refractivity contribution in [1.29, 1.82) is 0 Å². The molecule has 1 aromatic rings. The Morgan fingerprint density at radius 3 is 3.00 bits per heavy atom. The van der Waals surface area contributed by atoms with Crippen molar-refractivity contribution >= 4 is 17.5 Å². The molecule has 7 heteroatoms. The summed E-state index contributed by atoms with van der Waals surface area (Å²) in [7, 11) is 0. The lowest BCUT2D eigenvalue weighted by Gasteiger charge is -2.34. The minimum Gasteiger partial charge on any atom is -0.361 e. The number of likely N-dealkylation sites (tertiary alicyclic amines) is 1. The van der Waals surface area contributed by atoms with Crippen molar-refractivity contribution in [2.45, 2.75) is 57.9 Å². The van der Waals surface area contributed by atoms with Crippen LogP contribution in [0.15, 0.2) is 15.7 Å². The highest BCUT2D eigenvalue weighted by atomic mass is 16.5. The van der Waals surface area contributed by atoms with E-state index in [1.165, 1.54) is 0 Å². The van der Waals surface area contributed by atoms with Crippen LogP contribution in [0.4, 0.5) is 0 Å². The number of aromatic nitrogens is 1. The third-order valence-electron chi connectivity index (χ3n) is 4.42. The molecule has 0 bridgehead atoms. The molecule has 0 unspecified atom stereocenters. The first-order valence-corrected chi connectivity index (χ1v) is 8.20. The third-order valence-corrected chi connectivity index (χ3v) is 4.42. The lowest BCUT2D eigenvalue weighted by Crippen LogP contribution is -2.39. The van der Waals surface area contributed by atoms with E-state index in [0.29, 0.717) is 25.7 Å². The second-order valence-corrected chi connectivity index (χ2v) is 6.17. The van der Waals surface area contributed by atoms with Gasteiger partial charge in [-0.1, -0.05) is 5.16 Å². The predicted molar refractivity (Wildman–Crippen MR) is 83.6 cm³/mol. The van der Waals surface area contributed by atoms with Crippen molar-refractivity contribution in [3.05, 3.63) is 17.5 Å². The number of hydrogen-bond acceptors (Lipinski definition) is 5. The van der Waals surface area contributed by atoms with Crippen molar-refractivity contribution in [2.75, 3.05) is 6.54 Å². The topological polar surface area (TPSA) is 87.8 Å². The highest BCUT2D eigenvalue weighted by Crippen LogP contribution is 2.31. The Kier molecular flexibility index (Phi) is 4.73. The van der Waals surface area contributed by atoms with Gasteiger partial charge in [0.15, 0.2) is 0 Å². The molecule has 1 atom stereocenters. The van der Waals surface area contributed by atoms with E-state index in [-0.39, 0.29) is 17.9 Å². The lowest BCUT2D eigenvalue weighted by atomic mass is 9.98. The molecular formula is C16H22N4O3. The number of carbonyl (C=O) groups is 2. The molecule has 1 N–H and O–H groups in total. The minimum atomic E-state index is -0.0578. The number of carbonyl (C=O) groups excluding carboxylic acids is 2. The fourth-order valence-electron chi connectivity index (χ4n) is 3.17. The van der Waals surface area contributed by atoms with Gasteiger partial charge in [-0.2, -0.15) is 5.10 Å². The van der Waals surface area contributed by atoms with E-state index in [2.05, 4.69) is 15.7 Å². The molecule has 1 saturated heterocycles. The van der Waals surface area contributed by atoms with E-state index >= 15 is 0 Å². The average Bonchev–Trinajstić information content (AvgIpc) is 3.00. The molecule has 1 fully saturated rings. The summed E-state index contributed by atoms with van der Waals surface area (Å²) in [5.74, 6) is 0.831. The van der Waals surface area contributed by atoms with Crippen LogP contribution >= 0.6 is 0 Å². The SMILES string of the molecule is Cc1cc([C@H]2CCCCN2C(=O)CCC2=NNC(=O)CC2)no1. The first-order valence-electron chi connectivity index (χ1n) is 8.20. The number of piperidine rings is 1. The van der Waals surface area contributed by atoms with Crippen molar-refractivity contribution in [3.63, 3.8) is 0 Å². The Morgan fingerprint density at radius 2 is 2.30 bits per heavy atom. The number of nitrogens with zero attached hydrogens (tertiary/aromatic N) is 3. The van der Waals surface area contributed by atoms with E-state index in [0.717, 1.165) is 43.0 Å². The highest BCUT2D eigenvalue weighted by Gasteiger charge is 2.30. The Hall–Kier alpha value is -2.18. The average molecular weight is 318 g/mol. The maximum atomic E-state index is 12.6. The summed E-state index contributed by atoms with van der Waals surface area (Å²) < 4.78 is 5.16. The summed E-state index contributed by atoms with van der Waals surface area (Å²) in [6.45, 7) is 2.62. The van der Waals surface area contributed by atoms with E-state index in [1.54, 1.807) is 0 Å². The molecule has 0 aromatic carbocycles. The first-order chi connectivity index (χ1) is 11.1. The van der Waals surface area contributed by atoms with Gasteiger partial charge in [0.05, 0.1) is 6.04 Å². The molecule has 124 valence electrons. The number of hydrazone groups is 1. The van der Waals surface area contributed by atoms with Crippen LogP contribution in [0.25, 0.3) is 0 Å². The fraction of sp³-hybridized carbons (Fsp3) is 0.625. The molecule has 3 rings (SSSR count). The summed E-state index contributed by atoms with van der Waals surface area (Å²) >= 11 is 0. The zero-order valence-corrected chi connectivity index (χ0v) is 13.4. The van der Waals surface area contributed by atoms with Gasteiger partial charge >= 0.3 is 0 Å². The first kappa shape index (κ1) is 15.7. The Labute approximate surface area is 135 Å². The Bertz CT molecular complexity index is 623. The number of aryl methyl sites for hydroxylation is 1. The quantitative estimate of drug-likeness (QED) is 0.920. The number of hydrogen-bond donors (Lipinski definition) is 1. The molecule has 23 heavy (non-hydrogen) atoms. The standard InChI is InChI=1S/C16H22N4O3/c1-11-10-13(19-23-11)14-4-2-3-9-20(14)16(22)8-6-12-5-7-15(21)18-17-12/h10,14H,2-9H2,1H3,(H,18,21)/t14-/m1/s1. The summed E-state index contributed by atoms with van der Waals surface area (Å²) in [6.07, 6.45) is 5.16. The fourth-order valence-corrected chi connectivity index (χ4v) is 3.17. The molecular weight excluding hydrogens is 296 g/mol. The highest BCUT2D eigenvalue weighted by molar-refractivity contribution is 5.94. The van der Waals surface area contributed by atoms with Crippen LogP contribution in [0.2, 0.25) is 0 Å². The third kappa shape index (κ3) is 3.78. The molecule has 0 aliphatic carbocycles. The van der Waals surface area contributed by atoms with E-state index in [9.17, 15) is 9.59 Å². The second-order valence-electron chi connectivity index (χ2n) is 6.17. The van der Waals surface area contributed by atoms with Gasteiger partial charge in [0.25, 0.3) is 0 Å². The number of rotatable bonds is 4. The van der Waals surface area contributed by atoms with Crippen molar-refractivity contribution in [2.24, 2.45) is 5.10 Å². The normalized spacial score (nSPS) is 21.8. The van der Waals surface area contributed by atoms with Crippen LogP contribution in [-0.2, 0) is 9.59 Å². The molecule has 2 aliphatic rings. The van der Waals surface area contributed by atoms with Crippen molar-refractivity contribution < 1.29 is 14.1 Å². The molecule has 2 amide bonds. The van der Waals surface area contributed by atoms with Crippen LogP contribution in [0.5, 0.6) is 0 Å². The van der Waals surface area contributed by atoms with Crippen LogP contribution < -0.4 is 5.43 Å². The Balaban J connectivity index is 1.61. The van der Waals surface area contributed by atoms with Crippen LogP contribution in [-0.4, -0.2) is 34.1 Å². The maximum Gasteiger partial charge on any atom is 0.240 e. The van der Waals surface area contributed by atoms with Crippen LogP contribution in [0, 0.1) is 6.92 Å². The van der Waals surface area contributed by atoms with Gasteiger partial charge in [0, 0.05) is 31.2 Å². The Morgan fingerprint density at radius 1 is 1.43 bits per heavy atom. The van der Waals surface area contributed by atoms with E-state index < -0.39 is 0 Å². The molecule has 0 radical (unpaired) electrons. The van der Waals surface area contributed by atoms with Gasteiger partial charge in [0.2, 0.25) is 11.8 Å². The molecule has 2 aliphatic heterocycles. The van der Waals surface area contributed by atoms with Gasteiger partial charge in [-0.3, -0.25) is 9.59 Å². The summed E-state index contributed by atoms with van der Waals surface area (Å²) in [5.41, 5.74) is 4.21. The predicted octanol–water partition coefficient (Wildman–Crippen LogP) is 2.08. The van der Waals surface area contributed by atoms with Crippen molar-refractivity contribution in [1.82, 2.24) is 15.5 Å². The van der Waals surface area contributed by atoms with Crippen LogP contribution in [0.1, 0.15) is 62.4 Å². The summed E-state index contributed by atoms with van der Waals surface area (Å²) in [5, 5.41) is 8.12. The lowest BCUT2D eigenvalue weighted by molar-refractivity contribution is -0.135. The zero-order chi connectivity index (χ0) is 16.2. The summed E-state index contributed by atoms with van der Waals surface area (Å²) in [6, 6.07) is 1.93. The number of nitrogens with one attached hydrogen (secondary N) is 1. The van der Waals surface area contributed by atoms with Gasteiger partial charge in [-0.05, 0) is 39.0 Å². The second kappa shape index (κ2) is 6.93. The molecule has 3 heterocycles. The van der Waals surface area contributed by atoms with Gasteiger partial charge in [0.1, 0.15) is 11.5 Å². The maximum absolute atomic E-state index is 12.6. The van der Waals surface area contributed by atoms with Gasteiger partial charge in [-0.15, -0.1) is 0 Å². The molecule has 1 aromatic heterocycles. The minimum absolute atomic E-state index is 0.0155. The van der Waals surface area contributed by atoms with Crippen LogP contribution in [0.3, 0.4) is 0 Å². The van der Waals surface area contributed by atoms with E-state index in [1.807, 2.05) is 17.9 Å². The largest absolute Gasteiger partial charge is 0.361 e.